The van der Waals surface area contributed by atoms with Gasteiger partial charge < -0.3 is 8.98 Å². The number of aromatic nitrogens is 3. The third kappa shape index (κ3) is 4.66. The average Bonchev–Trinajstić information content (AvgIpc) is 3.80. The average molecular weight is 714 g/mol. The van der Waals surface area contributed by atoms with E-state index in [0.717, 1.165) is 60.7 Å². The maximum atomic E-state index is 6.36. The molecule has 56 heavy (non-hydrogen) atoms. The first-order valence-corrected chi connectivity index (χ1v) is 19.0. The lowest BCUT2D eigenvalue weighted by Crippen LogP contribution is -1.92. The van der Waals surface area contributed by atoms with Crippen LogP contribution in [0.5, 0.6) is 0 Å². The summed E-state index contributed by atoms with van der Waals surface area (Å²) in [6.45, 7) is 0. The van der Waals surface area contributed by atoms with E-state index < -0.39 is 0 Å². The number of rotatable bonds is 4. The van der Waals surface area contributed by atoms with Gasteiger partial charge in [-0.2, -0.15) is 0 Å². The first kappa shape index (κ1) is 30.9. The van der Waals surface area contributed by atoms with E-state index >= 15 is 0 Å². The molecule has 0 radical (unpaired) electrons. The minimum absolute atomic E-state index is 0.554. The van der Waals surface area contributed by atoms with Crippen LogP contribution in [0.25, 0.3) is 116 Å². The zero-order valence-corrected chi connectivity index (χ0v) is 30.1. The van der Waals surface area contributed by atoms with Crippen LogP contribution in [0.15, 0.2) is 192 Å². The molecule has 260 valence electrons. The van der Waals surface area contributed by atoms with Crippen LogP contribution in [0.2, 0.25) is 0 Å². The molecule has 9 aromatic carbocycles. The Hall–Kier alpha value is -7.56. The van der Waals surface area contributed by atoms with Crippen molar-refractivity contribution in [3.05, 3.63) is 188 Å². The standard InChI is InChI=1S/C52H31N3O/c1-2-16-38(17-3-1)55-46-23-9-8-20-41(46)44-30-36(24-26-47(44)55)34-14-10-12-32(28-34)33-13-11-15-35(29-33)37-25-27-48-45(31-37)51-52(56-48)54-50-43-22-7-5-19-40(43)39-18-4-6-21-42(39)49(50)53-51/h1-31H. The van der Waals surface area contributed by atoms with Crippen LogP contribution in [-0.2, 0) is 0 Å². The Morgan fingerprint density at radius 2 is 0.821 bits per heavy atom. The minimum atomic E-state index is 0.554. The van der Waals surface area contributed by atoms with Crippen molar-refractivity contribution in [3.8, 4) is 39.1 Å². The lowest BCUT2D eigenvalue weighted by molar-refractivity contribution is 0.655. The highest BCUT2D eigenvalue weighted by Gasteiger charge is 2.18. The maximum absolute atomic E-state index is 6.36. The molecule has 0 bridgehead atoms. The Morgan fingerprint density at radius 1 is 0.321 bits per heavy atom. The van der Waals surface area contributed by atoms with Gasteiger partial charge in [0.15, 0.2) is 0 Å². The van der Waals surface area contributed by atoms with E-state index in [1.165, 1.54) is 49.3 Å². The summed E-state index contributed by atoms with van der Waals surface area (Å²) in [5, 5.41) is 7.97. The van der Waals surface area contributed by atoms with Gasteiger partial charge in [-0.15, -0.1) is 0 Å². The van der Waals surface area contributed by atoms with Crippen LogP contribution < -0.4 is 0 Å². The number of nitrogens with zero attached hydrogens (tertiary/aromatic N) is 3. The van der Waals surface area contributed by atoms with Gasteiger partial charge in [0.1, 0.15) is 16.6 Å². The normalized spacial score (nSPS) is 11.9. The number of furan rings is 1. The van der Waals surface area contributed by atoms with Crippen molar-refractivity contribution in [1.29, 1.82) is 0 Å². The zero-order valence-electron chi connectivity index (χ0n) is 30.1. The van der Waals surface area contributed by atoms with Crippen LogP contribution in [0.3, 0.4) is 0 Å². The molecule has 0 unspecified atom stereocenters. The molecule has 0 aliphatic carbocycles. The van der Waals surface area contributed by atoms with Crippen LogP contribution in [-0.4, -0.2) is 14.5 Å². The molecule has 0 amide bonds. The molecule has 0 aliphatic rings. The molecular formula is C52H31N3O. The van der Waals surface area contributed by atoms with Crippen molar-refractivity contribution in [3.63, 3.8) is 0 Å². The molecule has 0 spiro atoms. The van der Waals surface area contributed by atoms with Gasteiger partial charge in [0.05, 0.1) is 16.6 Å². The fourth-order valence-corrected chi connectivity index (χ4v) is 8.74. The third-order valence-corrected chi connectivity index (χ3v) is 11.4. The Morgan fingerprint density at radius 3 is 1.48 bits per heavy atom. The first-order chi connectivity index (χ1) is 27.7. The lowest BCUT2D eigenvalue weighted by Gasteiger charge is -2.10. The topological polar surface area (TPSA) is 43.9 Å². The van der Waals surface area contributed by atoms with E-state index in [1.807, 2.05) is 6.07 Å². The molecule has 3 heterocycles. The number of para-hydroxylation sites is 2. The molecule has 0 saturated carbocycles. The summed E-state index contributed by atoms with van der Waals surface area (Å²) < 4.78 is 8.72. The fourth-order valence-electron chi connectivity index (χ4n) is 8.74. The molecule has 3 aromatic heterocycles. The SMILES string of the molecule is c1ccc(-n2c3ccccc3c3cc(-c4cccc(-c5cccc(-c6ccc7oc8nc9c%10ccccc%10c%10ccccc%10c9nc8c7c6)c5)c4)ccc32)cc1. The Balaban J connectivity index is 0.946. The monoisotopic (exact) mass is 713 g/mol. The van der Waals surface area contributed by atoms with Crippen molar-refractivity contribution in [2.24, 2.45) is 0 Å². The molecule has 12 aromatic rings. The quantitative estimate of drug-likeness (QED) is 0.171. The molecule has 0 fully saturated rings. The Kier molecular flexibility index (Phi) is 6.60. The summed E-state index contributed by atoms with van der Waals surface area (Å²) in [7, 11) is 0. The Labute approximate surface area is 321 Å². The molecule has 4 heteroatoms. The highest BCUT2D eigenvalue weighted by atomic mass is 16.3. The smallest absolute Gasteiger partial charge is 0.246 e. The summed E-state index contributed by atoms with van der Waals surface area (Å²) in [5.41, 5.74) is 14.4. The highest BCUT2D eigenvalue weighted by Crippen LogP contribution is 2.39. The molecule has 12 rings (SSSR count). The van der Waals surface area contributed by atoms with Crippen molar-refractivity contribution in [2.45, 2.75) is 0 Å². The van der Waals surface area contributed by atoms with Gasteiger partial charge in [0.2, 0.25) is 5.71 Å². The number of benzene rings is 9. The summed E-state index contributed by atoms with van der Waals surface area (Å²) in [6.07, 6.45) is 0. The summed E-state index contributed by atoms with van der Waals surface area (Å²) in [6, 6.07) is 67.1. The first-order valence-electron chi connectivity index (χ1n) is 19.0. The van der Waals surface area contributed by atoms with Crippen LogP contribution in [0.4, 0.5) is 0 Å². The van der Waals surface area contributed by atoms with Crippen molar-refractivity contribution >= 4 is 76.6 Å². The van der Waals surface area contributed by atoms with Gasteiger partial charge in [0.25, 0.3) is 0 Å². The summed E-state index contributed by atoms with van der Waals surface area (Å²) in [4.78, 5) is 10.4. The number of hydrogen-bond donors (Lipinski definition) is 0. The highest BCUT2D eigenvalue weighted by molar-refractivity contribution is 6.24. The van der Waals surface area contributed by atoms with Crippen molar-refractivity contribution in [2.75, 3.05) is 0 Å². The summed E-state index contributed by atoms with van der Waals surface area (Å²) >= 11 is 0. The van der Waals surface area contributed by atoms with E-state index in [9.17, 15) is 0 Å². The predicted octanol–water partition coefficient (Wildman–Crippen LogP) is 13.9. The number of hydrogen-bond acceptors (Lipinski definition) is 3. The van der Waals surface area contributed by atoms with Gasteiger partial charge in [-0.3, -0.25) is 0 Å². The molecule has 0 N–H and O–H groups in total. The molecule has 4 nitrogen and oxygen atoms in total. The molecule has 0 saturated heterocycles. The Bertz CT molecular complexity index is 3540. The van der Waals surface area contributed by atoms with E-state index in [4.69, 9.17) is 14.4 Å². The van der Waals surface area contributed by atoms with Crippen LogP contribution >= 0.6 is 0 Å². The second kappa shape index (κ2) is 12.0. The van der Waals surface area contributed by atoms with Crippen molar-refractivity contribution in [1.82, 2.24) is 14.5 Å². The maximum Gasteiger partial charge on any atom is 0.246 e. The van der Waals surface area contributed by atoms with Gasteiger partial charge in [-0.25, -0.2) is 9.97 Å². The predicted molar refractivity (Wildman–Crippen MR) is 232 cm³/mol. The molecule has 0 atom stereocenters. The molecule has 0 aliphatic heterocycles. The van der Waals surface area contributed by atoms with Gasteiger partial charge >= 0.3 is 0 Å². The van der Waals surface area contributed by atoms with E-state index in [-0.39, 0.29) is 0 Å². The second-order valence-corrected chi connectivity index (χ2v) is 14.6. The van der Waals surface area contributed by atoms with Crippen LogP contribution in [0.1, 0.15) is 0 Å². The summed E-state index contributed by atoms with van der Waals surface area (Å²) in [5.74, 6) is 0. The van der Waals surface area contributed by atoms with E-state index in [2.05, 4.69) is 187 Å². The fraction of sp³-hybridized carbons (Fsp3) is 0. The minimum Gasteiger partial charge on any atom is -0.436 e. The van der Waals surface area contributed by atoms with E-state index in [1.54, 1.807) is 0 Å². The van der Waals surface area contributed by atoms with Crippen LogP contribution in [0, 0.1) is 0 Å². The second-order valence-electron chi connectivity index (χ2n) is 14.6. The van der Waals surface area contributed by atoms with Crippen molar-refractivity contribution < 1.29 is 4.42 Å². The lowest BCUT2D eigenvalue weighted by atomic mass is 9.95. The van der Waals surface area contributed by atoms with E-state index in [0.29, 0.717) is 5.71 Å². The third-order valence-electron chi connectivity index (χ3n) is 11.4. The number of fused-ring (bicyclic) bond motifs is 12. The largest absolute Gasteiger partial charge is 0.436 e. The van der Waals surface area contributed by atoms with Gasteiger partial charge in [-0.05, 0) is 98.8 Å². The zero-order chi connectivity index (χ0) is 36.7. The molecular weight excluding hydrogens is 683 g/mol. The van der Waals surface area contributed by atoms with Gasteiger partial charge in [-0.1, -0.05) is 133 Å². The van der Waals surface area contributed by atoms with Gasteiger partial charge in [0, 0.05) is 32.6 Å².